The van der Waals surface area contributed by atoms with Crippen LogP contribution in [0.4, 0.5) is 5.69 Å². The summed E-state index contributed by atoms with van der Waals surface area (Å²) < 4.78 is 13.5. The van der Waals surface area contributed by atoms with Gasteiger partial charge in [0.1, 0.15) is 13.2 Å². The second-order valence-electron chi connectivity index (χ2n) is 8.70. The summed E-state index contributed by atoms with van der Waals surface area (Å²) in [5.74, 6) is 0.943. The lowest BCUT2D eigenvalue weighted by molar-refractivity contribution is -0.138. The van der Waals surface area contributed by atoms with Crippen LogP contribution in [0.15, 0.2) is 66.9 Å². The third-order valence-electron chi connectivity index (χ3n) is 6.75. The molecule has 6 rings (SSSR count). The molecule has 0 radical (unpaired) electrons. The maximum atomic E-state index is 13.8. The van der Waals surface area contributed by atoms with Gasteiger partial charge in [-0.25, -0.2) is 0 Å². The Labute approximate surface area is 192 Å². The van der Waals surface area contributed by atoms with Gasteiger partial charge in [0.05, 0.1) is 12.0 Å². The van der Waals surface area contributed by atoms with Crippen LogP contribution in [-0.2, 0) is 16.1 Å². The van der Waals surface area contributed by atoms with Gasteiger partial charge >= 0.3 is 0 Å². The van der Waals surface area contributed by atoms with Crippen molar-refractivity contribution in [3.05, 3.63) is 78.1 Å². The number of fused-ring (bicyclic) bond motifs is 2. The van der Waals surface area contributed by atoms with Gasteiger partial charge in [-0.3, -0.25) is 9.59 Å². The highest BCUT2D eigenvalue weighted by Gasteiger charge is 2.41. The number of ether oxygens (including phenoxy) is 2. The minimum absolute atomic E-state index is 0.0321. The Morgan fingerprint density at radius 3 is 2.58 bits per heavy atom. The van der Waals surface area contributed by atoms with Crippen molar-refractivity contribution in [2.24, 2.45) is 5.92 Å². The van der Waals surface area contributed by atoms with Crippen LogP contribution in [0, 0.1) is 5.92 Å². The molecule has 2 atom stereocenters. The Morgan fingerprint density at radius 1 is 0.909 bits per heavy atom. The van der Waals surface area contributed by atoms with E-state index in [0.29, 0.717) is 37.8 Å². The van der Waals surface area contributed by atoms with Crippen LogP contribution in [0.5, 0.6) is 11.5 Å². The summed E-state index contributed by atoms with van der Waals surface area (Å²) in [7, 11) is 0. The van der Waals surface area contributed by atoms with Gasteiger partial charge in [-0.1, -0.05) is 30.3 Å². The molecule has 2 aromatic carbocycles. The van der Waals surface area contributed by atoms with E-state index in [9.17, 15) is 9.59 Å². The summed E-state index contributed by atoms with van der Waals surface area (Å²) in [5, 5.41) is 0. The molecule has 33 heavy (non-hydrogen) atoms. The standard InChI is InChI=1S/C26H25N3O4/c30-24-15-19(17-29(24)20-8-9-22-23(16-20)33-14-13-32-22)26(31)28-12-11-27-10-4-7-21(27)25(28)18-5-2-1-3-6-18/h1-10,16,19,25H,11-15,17H2. The molecule has 3 aromatic rings. The minimum atomic E-state index is -0.376. The lowest BCUT2D eigenvalue weighted by atomic mass is 9.97. The molecule has 7 nitrogen and oxygen atoms in total. The third kappa shape index (κ3) is 3.44. The zero-order valence-corrected chi connectivity index (χ0v) is 18.2. The summed E-state index contributed by atoms with van der Waals surface area (Å²) in [6.07, 6.45) is 2.28. The molecule has 1 saturated heterocycles. The molecule has 168 valence electrons. The molecule has 3 aliphatic heterocycles. The molecule has 4 heterocycles. The fraction of sp³-hybridized carbons (Fsp3) is 0.308. The van der Waals surface area contributed by atoms with E-state index in [1.54, 1.807) is 4.90 Å². The van der Waals surface area contributed by atoms with E-state index in [1.165, 1.54) is 0 Å². The number of nitrogens with zero attached hydrogens (tertiary/aromatic N) is 3. The third-order valence-corrected chi connectivity index (χ3v) is 6.75. The number of carbonyl (C=O) groups excluding carboxylic acids is 2. The highest BCUT2D eigenvalue weighted by atomic mass is 16.6. The second kappa shape index (κ2) is 7.99. The minimum Gasteiger partial charge on any atom is -0.486 e. The maximum Gasteiger partial charge on any atom is 0.228 e. The Kier molecular flexibility index (Phi) is 4.82. The van der Waals surface area contributed by atoms with E-state index in [4.69, 9.17) is 9.47 Å². The largest absolute Gasteiger partial charge is 0.486 e. The summed E-state index contributed by atoms with van der Waals surface area (Å²) in [6.45, 7) is 2.76. The predicted octanol–water partition coefficient (Wildman–Crippen LogP) is 3.24. The summed E-state index contributed by atoms with van der Waals surface area (Å²) >= 11 is 0. The number of amides is 2. The molecule has 0 bridgehead atoms. The summed E-state index contributed by atoms with van der Waals surface area (Å²) in [5.41, 5.74) is 2.93. The topological polar surface area (TPSA) is 64.0 Å². The van der Waals surface area contributed by atoms with Crippen LogP contribution < -0.4 is 14.4 Å². The fourth-order valence-corrected chi connectivity index (χ4v) is 5.16. The van der Waals surface area contributed by atoms with Crippen molar-refractivity contribution in [2.45, 2.75) is 19.0 Å². The van der Waals surface area contributed by atoms with Gasteiger partial charge in [-0.15, -0.1) is 0 Å². The number of rotatable bonds is 3. The molecule has 0 spiro atoms. The highest BCUT2D eigenvalue weighted by molar-refractivity contribution is 6.00. The number of anilines is 1. The molecule has 0 aliphatic carbocycles. The zero-order valence-electron chi connectivity index (χ0n) is 18.2. The van der Waals surface area contributed by atoms with E-state index in [1.807, 2.05) is 47.4 Å². The first-order chi connectivity index (χ1) is 16.2. The highest BCUT2D eigenvalue weighted by Crippen LogP contribution is 2.38. The lowest BCUT2D eigenvalue weighted by Crippen LogP contribution is -2.45. The summed E-state index contributed by atoms with van der Waals surface area (Å²) in [6, 6.07) is 19.6. The summed E-state index contributed by atoms with van der Waals surface area (Å²) in [4.78, 5) is 30.3. The van der Waals surface area contributed by atoms with Gasteiger partial charge in [0.2, 0.25) is 11.8 Å². The van der Waals surface area contributed by atoms with Crippen LogP contribution in [0.1, 0.15) is 23.7 Å². The quantitative estimate of drug-likeness (QED) is 0.624. The Balaban J connectivity index is 1.27. The van der Waals surface area contributed by atoms with Gasteiger partial charge in [0, 0.05) is 49.7 Å². The van der Waals surface area contributed by atoms with Crippen molar-refractivity contribution in [3.63, 3.8) is 0 Å². The number of hydrogen-bond donors (Lipinski definition) is 0. The molecular weight excluding hydrogens is 418 g/mol. The molecule has 0 saturated carbocycles. The Bertz CT molecular complexity index is 1210. The monoisotopic (exact) mass is 443 g/mol. The normalized spacial score (nSPS) is 21.8. The first-order valence-corrected chi connectivity index (χ1v) is 11.4. The molecular formula is C26H25N3O4. The molecule has 2 amide bonds. The smallest absolute Gasteiger partial charge is 0.228 e. The molecule has 7 heteroatoms. The number of aromatic nitrogens is 1. The zero-order chi connectivity index (χ0) is 22.4. The van der Waals surface area contributed by atoms with Crippen molar-refractivity contribution < 1.29 is 19.1 Å². The van der Waals surface area contributed by atoms with Gasteiger partial charge in [0.15, 0.2) is 11.5 Å². The van der Waals surface area contributed by atoms with E-state index in [0.717, 1.165) is 23.5 Å². The van der Waals surface area contributed by atoms with Crippen LogP contribution >= 0.6 is 0 Å². The van der Waals surface area contributed by atoms with Crippen molar-refractivity contribution in [2.75, 3.05) is 31.2 Å². The van der Waals surface area contributed by atoms with Crippen molar-refractivity contribution >= 4 is 17.5 Å². The average Bonchev–Trinajstić information content (AvgIpc) is 3.50. The first-order valence-electron chi connectivity index (χ1n) is 11.4. The fourth-order valence-electron chi connectivity index (χ4n) is 5.16. The molecule has 0 N–H and O–H groups in total. The number of carbonyl (C=O) groups is 2. The van der Waals surface area contributed by atoms with Crippen LogP contribution in [0.3, 0.4) is 0 Å². The van der Waals surface area contributed by atoms with Crippen molar-refractivity contribution in [1.82, 2.24) is 9.47 Å². The maximum absolute atomic E-state index is 13.8. The molecule has 1 fully saturated rings. The predicted molar refractivity (Wildman–Crippen MR) is 122 cm³/mol. The molecule has 2 unspecified atom stereocenters. The van der Waals surface area contributed by atoms with Crippen LogP contribution in [0.25, 0.3) is 0 Å². The Morgan fingerprint density at radius 2 is 1.73 bits per heavy atom. The Hall–Kier alpha value is -3.74. The van der Waals surface area contributed by atoms with Crippen LogP contribution in [-0.4, -0.2) is 47.6 Å². The van der Waals surface area contributed by atoms with Gasteiger partial charge in [-0.05, 0) is 29.8 Å². The van der Waals surface area contributed by atoms with Crippen LogP contribution in [0.2, 0.25) is 0 Å². The van der Waals surface area contributed by atoms with Crippen molar-refractivity contribution in [3.8, 4) is 11.5 Å². The number of benzene rings is 2. The van der Waals surface area contributed by atoms with E-state index < -0.39 is 0 Å². The van der Waals surface area contributed by atoms with E-state index >= 15 is 0 Å². The van der Waals surface area contributed by atoms with E-state index in [2.05, 4.69) is 29.0 Å². The molecule has 1 aromatic heterocycles. The average molecular weight is 444 g/mol. The first kappa shape index (κ1) is 19.9. The number of hydrogen-bond acceptors (Lipinski definition) is 4. The second-order valence-corrected chi connectivity index (χ2v) is 8.70. The molecule has 3 aliphatic rings. The van der Waals surface area contributed by atoms with E-state index in [-0.39, 0.29) is 30.2 Å². The van der Waals surface area contributed by atoms with Gasteiger partial charge < -0.3 is 23.8 Å². The van der Waals surface area contributed by atoms with Gasteiger partial charge in [0.25, 0.3) is 0 Å². The SMILES string of the molecule is O=C1CC(C(=O)N2CCn3cccc3C2c2ccccc2)CN1c1ccc2c(c1)OCCO2. The lowest BCUT2D eigenvalue weighted by Gasteiger charge is -2.38. The van der Waals surface area contributed by atoms with Gasteiger partial charge in [-0.2, -0.15) is 0 Å². The van der Waals surface area contributed by atoms with Crippen molar-refractivity contribution in [1.29, 1.82) is 0 Å².